The molecule has 2 rings (SSSR count). The average Bonchev–Trinajstić information content (AvgIpc) is 2.31. The van der Waals surface area contributed by atoms with Gasteiger partial charge >= 0.3 is 0 Å². The lowest BCUT2D eigenvalue weighted by atomic mass is 9.69. The molecule has 0 aromatic rings. The molecule has 1 aliphatic carbocycles. The normalized spacial score (nSPS) is 41.6. The molecule has 2 aliphatic rings. The first-order valence-corrected chi connectivity index (χ1v) is 6.56. The first-order valence-electron chi connectivity index (χ1n) is 6.56. The molecule has 3 heteroatoms. The monoisotopic (exact) mass is 221 g/mol. The van der Waals surface area contributed by atoms with Crippen molar-refractivity contribution in [2.45, 2.75) is 38.6 Å². The van der Waals surface area contributed by atoms with Gasteiger partial charge in [-0.1, -0.05) is 13.8 Å². The second-order valence-electron chi connectivity index (χ2n) is 5.55. The minimum absolute atomic E-state index is 0.172. The van der Waals surface area contributed by atoms with Gasteiger partial charge in [-0.05, 0) is 31.1 Å². The van der Waals surface area contributed by atoms with E-state index in [-0.39, 0.29) is 5.54 Å². The van der Waals surface area contributed by atoms with Gasteiger partial charge in [-0.25, -0.2) is 0 Å². The molecule has 3 atom stereocenters. The molecular weight excluding hydrogens is 198 g/mol. The van der Waals surface area contributed by atoms with Gasteiger partial charge in [-0.15, -0.1) is 0 Å². The largest absolute Gasteiger partial charge is 0.314 e. The fraction of sp³-hybridized carbons (Fsp3) is 0.923. The van der Waals surface area contributed by atoms with Crippen molar-refractivity contribution in [3.8, 4) is 6.07 Å². The van der Waals surface area contributed by atoms with Crippen molar-refractivity contribution in [2.75, 3.05) is 26.2 Å². The number of nitrogens with zero attached hydrogens (tertiary/aromatic N) is 2. The van der Waals surface area contributed by atoms with Crippen molar-refractivity contribution in [2.24, 2.45) is 11.8 Å². The lowest BCUT2D eigenvalue weighted by Gasteiger charge is -2.48. The van der Waals surface area contributed by atoms with Crippen LogP contribution in [0, 0.1) is 23.2 Å². The Kier molecular flexibility index (Phi) is 3.51. The zero-order chi connectivity index (χ0) is 11.6. The van der Waals surface area contributed by atoms with Crippen molar-refractivity contribution >= 4 is 0 Å². The van der Waals surface area contributed by atoms with Crippen molar-refractivity contribution in [3.63, 3.8) is 0 Å². The van der Waals surface area contributed by atoms with E-state index in [9.17, 15) is 5.26 Å². The maximum absolute atomic E-state index is 9.64. The molecule has 1 saturated heterocycles. The predicted molar refractivity (Wildman–Crippen MR) is 65.0 cm³/mol. The highest BCUT2D eigenvalue weighted by Crippen LogP contribution is 2.40. The lowest BCUT2D eigenvalue weighted by molar-refractivity contribution is 0.0287. The van der Waals surface area contributed by atoms with Gasteiger partial charge in [0.15, 0.2) is 0 Å². The highest BCUT2D eigenvalue weighted by Gasteiger charge is 2.45. The predicted octanol–water partition coefficient (Wildman–Crippen LogP) is 1.61. The van der Waals surface area contributed by atoms with Crippen LogP contribution in [0.2, 0.25) is 0 Å². The van der Waals surface area contributed by atoms with Gasteiger partial charge in [0.25, 0.3) is 0 Å². The van der Waals surface area contributed by atoms with E-state index in [0.717, 1.165) is 38.5 Å². The summed E-state index contributed by atoms with van der Waals surface area (Å²) in [6, 6.07) is 2.66. The smallest absolute Gasteiger partial charge is 0.111 e. The van der Waals surface area contributed by atoms with Gasteiger partial charge < -0.3 is 5.32 Å². The zero-order valence-electron chi connectivity index (χ0n) is 10.5. The summed E-state index contributed by atoms with van der Waals surface area (Å²) in [5, 5.41) is 13.0. The zero-order valence-corrected chi connectivity index (χ0v) is 10.5. The highest BCUT2D eigenvalue weighted by molar-refractivity contribution is 5.13. The third kappa shape index (κ3) is 1.97. The molecular formula is C13H23N3. The van der Waals surface area contributed by atoms with Crippen LogP contribution in [-0.4, -0.2) is 36.6 Å². The Hall–Kier alpha value is -0.590. The van der Waals surface area contributed by atoms with Gasteiger partial charge in [0.1, 0.15) is 5.54 Å². The fourth-order valence-electron chi connectivity index (χ4n) is 3.40. The topological polar surface area (TPSA) is 39.1 Å². The van der Waals surface area contributed by atoms with Crippen LogP contribution in [-0.2, 0) is 0 Å². The molecule has 3 nitrogen and oxygen atoms in total. The number of nitrogens with one attached hydrogen (secondary N) is 1. The molecule has 1 heterocycles. The SMILES string of the molecule is CC1CCC(C#N)(N2CCNCC2)C(C)C1. The van der Waals surface area contributed by atoms with Crippen LogP contribution in [0.5, 0.6) is 0 Å². The number of hydrogen-bond acceptors (Lipinski definition) is 3. The third-order valence-corrected chi connectivity index (χ3v) is 4.46. The lowest BCUT2D eigenvalue weighted by Crippen LogP contribution is -2.60. The summed E-state index contributed by atoms with van der Waals surface area (Å²) in [6.45, 7) is 8.71. The van der Waals surface area contributed by atoms with E-state index in [0.29, 0.717) is 5.92 Å². The van der Waals surface area contributed by atoms with E-state index in [2.05, 4.69) is 30.1 Å². The highest BCUT2D eigenvalue weighted by atomic mass is 15.2. The molecule has 2 fully saturated rings. The van der Waals surface area contributed by atoms with E-state index < -0.39 is 0 Å². The van der Waals surface area contributed by atoms with E-state index in [1.165, 1.54) is 12.8 Å². The average molecular weight is 221 g/mol. The van der Waals surface area contributed by atoms with Gasteiger partial charge in [-0.3, -0.25) is 4.90 Å². The molecule has 90 valence electrons. The Labute approximate surface area is 98.8 Å². The Bertz CT molecular complexity index is 277. The number of piperazine rings is 1. The summed E-state index contributed by atoms with van der Waals surface area (Å²) >= 11 is 0. The Morgan fingerprint density at radius 3 is 2.56 bits per heavy atom. The van der Waals surface area contributed by atoms with E-state index >= 15 is 0 Å². The van der Waals surface area contributed by atoms with Gasteiger partial charge in [0, 0.05) is 26.2 Å². The minimum Gasteiger partial charge on any atom is -0.314 e. The summed E-state index contributed by atoms with van der Waals surface area (Å²) < 4.78 is 0. The van der Waals surface area contributed by atoms with Gasteiger partial charge in [0.05, 0.1) is 6.07 Å². The Morgan fingerprint density at radius 2 is 2.00 bits per heavy atom. The molecule has 0 amide bonds. The maximum atomic E-state index is 9.64. The quantitative estimate of drug-likeness (QED) is 0.731. The van der Waals surface area contributed by atoms with Crippen molar-refractivity contribution < 1.29 is 0 Å². The molecule has 1 saturated carbocycles. The first-order chi connectivity index (χ1) is 7.69. The summed E-state index contributed by atoms with van der Waals surface area (Å²) in [6.07, 6.45) is 3.48. The van der Waals surface area contributed by atoms with Crippen LogP contribution in [0.1, 0.15) is 33.1 Å². The summed E-state index contributed by atoms with van der Waals surface area (Å²) in [5.41, 5.74) is -0.172. The minimum atomic E-state index is -0.172. The fourth-order valence-corrected chi connectivity index (χ4v) is 3.40. The third-order valence-electron chi connectivity index (χ3n) is 4.46. The van der Waals surface area contributed by atoms with Crippen molar-refractivity contribution in [1.82, 2.24) is 10.2 Å². The Morgan fingerprint density at radius 1 is 1.31 bits per heavy atom. The number of hydrogen-bond donors (Lipinski definition) is 1. The molecule has 0 radical (unpaired) electrons. The molecule has 16 heavy (non-hydrogen) atoms. The summed E-state index contributed by atoms with van der Waals surface area (Å²) in [7, 11) is 0. The van der Waals surface area contributed by atoms with Crippen molar-refractivity contribution in [3.05, 3.63) is 0 Å². The summed E-state index contributed by atoms with van der Waals surface area (Å²) in [5.74, 6) is 1.30. The second kappa shape index (κ2) is 4.73. The van der Waals surface area contributed by atoms with E-state index in [1.807, 2.05) is 0 Å². The molecule has 3 unspecified atom stereocenters. The first kappa shape index (κ1) is 11.9. The molecule has 1 aliphatic heterocycles. The number of nitriles is 1. The van der Waals surface area contributed by atoms with Crippen LogP contribution in [0.25, 0.3) is 0 Å². The van der Waals surface area contributed by atoms with Crippen LogP contribution in [0.3, 0.4) is 0 Å². The van der Waals surface area contributed by atoms with E-state index in [1.54, 1.807) is 0 Å². The molecule has 1 N–H and O–H groups in total. The van der Waals surface area contributed by atoms with Crippen LogP contribution >= 0.6 is 0 Å². The number of rotatable bonds is 1. The molecule has 0 bridgehead atoms. The second-order valence-corrected chi connectivity index (χ2v) is 5.55. The standard InChI is InChI=1S/C13H23N3/c1-11-3-4-13(10-14,12(2)9-11)16-7-5-15-6-8-16/h11-12,15H,3-9H2,1-2H3. The van der Waals surface area contributed by atoms with Crippen molar-refractivity contribution in [1.29, 1.82) is 5.26 Å². The summed E-state index contributed by atoms with van der Waals surface area (Å²) in [4.78, 5) is 2.43. The van der Waals surface area contributed by atoms with Gasteiger partial charge in [-0.2, -0.15) is 5.26 Å². The van der Waals surface area contributed by atoms with Crippen LogP contribution in [0.4, 0.5) is 0 Å². The van der Waals surface area contributed by atoms with Gasteiger partial charge in [0.2, 0.25) is 0 Å². The molecule has 0 aromatic heterocycles. The Balaban J connectivity index is 2.14. The van der Waals surface area contributed by atoms with Crippen LogP contribution < -0.4 is 5.32 Å². The molecule has 0 aromatic carbocycles. The molecule has 0 spiro atoms. The van der Waals surface area contributed by atoms with Crippen LogP contribution in [0.15, 0.2) is 0 Å². The van der Waals surface area contributed by atoms with E-state index in [4.69, 9.17) is 0 Å². The maximum Gasteiger partial charge on any atom is 0.111 e.